The van der Waals surface area contributed by atoms with E-state index in [1.165, 1.54) is 0 Å². The maximum atomic E-state index is 12.6. The van der Waals surface area contributed by atoms with E-state index in [9.17, 15) is 14.3 Å². The van der Waals surface area contributed by atoms with Gasteiger partial charge in [-0.25, -0.2) is 0 Å². The average Bonchev–Trinajstić information content (AvgIpc) is 3.31. The van der Waals surface area contributed by atoms with E-state index in [-0.39, 0.29) is 30.4 Å². The van der Waals surface area contributed by atoms with Crippen molar-refractivity contribution in [1.29, 1.82) is 0 Å². The number of nitrogens with zero attached hydrogens (tertiary/aromatic N) is 2. The smallest absolute Gasteiger partial charge is 0.220 e. The zero-order chi connectivity index (χ0) is 24.5. The molecule has 1 fully saturated rings. The number of rotatable bonds is 7. The monoisotopic (exact) mass is 478 g/mol. The Hall–Kier alpha value is -3.32. The van der Waals surface area contributed by atoms with Crippen LogP contribution >= 0.6 is 0 Å². The zero-order valence-electron chi connectivity index (χ0n) is 20.2. The van der Waals surface area contributed by atoms with Crippen LogP contribution < -0.4 is 9.47 Å². The third kappa shape index (κ3) is 4.78. The minimum Gasteiger partial charge on any atom is -0.508 e. The Morgan fingerprint density at radius 1 is 1.20 bits per heavy atom. The molecule has 2 aromatic carbocycles. The third-order valence-corrected chi connectivity index (χ3v) is 7.10. The second-order valence-electron chi connectivity index (χ2n) is 9.54. The van der Waals surface area contributed by atoms with Crippen LogP contribution in [0.15, 0.2) is 59.7 Å². The van der Waals surface area contributed by atoms with Gasteiger partial charge in [-0.2, -0.15) is 0 Å². The van der Waals surface area contributed by atoms with Crippen molar-refractivity contribution in [2.24, 2.45) is 5.92 Å². The Bertz CT molecular complexity index is 1170. The summed E-state index contributed by atoms with van der Waals surface area (Å²) in [6, 6.07) is 13.1. The number of ether oxygens (including phenoxy) is 2. The second-order valence-corrected chi connectivity index (χ2v) is 9.54. The Labute approximate surface area is 205 Å². The van der Waals surface area contributed by atoms with Crippen molar-refractivity contribution in [2.75, 3.05) is 46.0 Å². The van der Waals surface area contributed by atoms with Crippen molar-refractivity contribution in [1.82, 2.24) is 9.80 Å². The third-order valence-electron chi connectivity index (χ3n) is 7.10. The Morgan fingerprint density at radius 2 is 1.97 bits per heavy atom. The number of aromatic hydroxyl groups is 1. The van der Waals surface area contributed by atoms with Crippen molar-refractivity contribution < 1.29 is 23.8 Å². The van der Waals surface area contributed by atoms with Gasteiger partial charge >= 0.3 is 0 Å². The van der Waals surface area contributed by atoms with Crippen molar-refractivity contribution >= 4 is 11.5 Å². The van der Waals surface area contributed by atoms with Crippen molar-refractivity contribution in [3.8, 4) is 17.2 Å². The molecule has 0 radical (unpaired) electrons. The van der Waals surface area contributed by atoms with Crippen LogP contribution in [0.3, 0.4) is 0 Å². The van der Waals surface area contributed by atoms with Crippen LogP contribution in [0.25, 0.3) is 5.57 Å². The highest BCUT2D eigenvalue weighted by Gasteiger charge is 2.33. The largest absolute Gasteiger partial charge is 0.508 e. The number of carbonyl (C=O) groups excluding carboxylic acids is 1. The Balaban J connectivity index is 1.35. The van der Waals surface area contributed by atoms with Gasteiger partial charge < -0.3 is 19.5 Å². The van der Waals surface area contributed by atoms with E-state index in [0.717, 1.165) is 59.0 Å². The summed E-state index contributed by atoms with van der Waals surface area (Å²) >= 11 is 0. The van der Waals surface area contributed by atoms with Crippen LogP contribution in [0.2, 0.25) is 0 Å². The molecule has 1 saturated heterocycles. The summed E-state index contributed by atoms with van der Waals surface area (Å²) in [6.45, 7) is 7.47. The first kappa shape index (κ1) is 23.4. The fourth-order valence-electron chi connectivity index (χ4n) is 5.06. The number of alkyl halides is 1. The molecule has 7 heteroatoms. The van der Waals surface area contributed by atoms with E-state index in [1.807, 2.05) is 31.2 Å². The second kappa shape index (κ2) is 9.74. The molecule has 1 unspecified atom stereocenters. The number of phenols is 1. The van der Waals surface area contributed by atoms with Crippen LogP contribution in [0.1, 0.15) is 31.1 Å². The average molecular weight is 479 g/mol. The summed E-state index contributed by atoms with van der Waals surface area (Å²) in [5, 5.41) is 10.1. The van der Waals surface area contributed by atoms with Crippen LogP contribution in [-0.2, 0) is 4.79 Å². The van der Waals surface area contributed by atoms with Crippen LogP contribution in [0, 0.1) is 5.92 Å². The molecule has 5 rings (SSSR count). The predicted molar refractivity (Wildman–Crippen MR) is 132 cm³/mol. The van der Waals surface area contributed by atoms with Gasteiger partial charge in [0.2, 0.25) is 5.91 Å². The summed E-state index contributed by atoms with van der Waals surface area (Å²) in [5.41, 5.74) is 4.98. The van der Waals surface area contributed by atoms with E-state index in [0.29, 0.717) is 19.7 Å². The van der Waals surface area contributed by atoms with Gasteiger partial charge in [0.05, 0.1) is 6.67 Å². The Morgan fingerprint density at radius 3 is 2.66 bits per heavy atom. The number of likely N-dealkylation sites (tertiary alicyclic amines) is 1. The number of phenolic OH excluding ortho intramolecular Hbond substituents is 1. The Kier molecular flexibility index (Phi) is 6.52. The number of benzene rings is 2. The molecule has 0 aromatic heterocycles. The van der Waals surface area contributed by atoms with Gasteiger partial charge in [-0.3, -0.25) is 14.1 Å². The molecular formula is C28H31FN2O4. The lowest BCUT2D eigenvalue weighted by Crippen LogP contribution is -2.49. The number of amides is 1. The fourth-order valence-corrected chi connectivity index (χ4v) is 5.06. The molecule has 1 N–H and O–H groups in total. The molecule has 6 nitrogen and oxygen atoms in total. The van der Waals surface area contributed by atoms with Crippen LogP contribution in [0.5, 0.6) is 17.2 Å². The van der Waals surface area contributed by atoms with Crippen molar-refractivity contribution in [2.45, 2.75) is 20.0 Å². The summed E-state index contributed by atoms with van der Waals surface area (Å²) in [4.78, 5) is 15.9. The summed E-state index contributed by atoms with van der Waals surface area (Å²) in [7, 11) is 0. The molecule has 184 valence electrons. The van der Waals surface area contributed by atoms with Gasteiger partial charge in [0.1, 0.15) is 30.0 Å². The standard InChI is InChI=1S/C28H31FN2O4/c1-18-25-13-23(33)5-8-26(25)35-28(27(18)22-9-10-31(17-22)19(2)32)21-3-6-24(7-4-21)34-12-11-30-15-20(14-29)16-30/h3-9,13,20,28,33H,10-12,14-17H2,1-2H3. The first-order valence-corrected chi connectivity index (χ1v) is 12.1. The maximum Gasteiger partial charge on any atom is 0.220 e. The highest BCUT2D eigenvalue weighted by Crippen LogP contribution is 2.46. The molecule has 35 heavy (non-hydrogen) atoms. The maximum absolute atomic E-state index is 12.6. The summed E-state index contributed by atoms with van der Waals surface area (Å²) in [5.74, 6) is 1.91. The number of halogens is 1. The van der Waals surface area contributed by atoms with E-state index >= 15 is 0 Å². The number of hydrogen-bond acceptors (Lipinski definition) is 5. The number of allylic oxidation sites excluding steroid dienone is 1. The topological polar surface area (TPSA) is 62.2 Å². The lowest BCUT2D eigenvalue weighted by Gasteiger charge is -2.37. The molecule has 0 bridgehead atoms. The normalized spacial score (nSPS) is 20.3. The predicted octanol–water partition coefficient (Wildman–Crippen LogP) is 4.37. The minimum atomic E-state index is -0.335. The van der Waals surface area contributed by atoms with Gasteiger partial charge in [0, 0.05) is 56.7 Å². The van der Waals surface area contributed by atoms with Crippen LogP contribution in [-0.4, -0.2) is 66.8 Å². The molecular weight excluding hydrogens is 447 g/mol. The lowest BCUT2D eigenvalue weighted by molar-refractivity contribution is -0.127. The molecule has 3 aliphatic rings. The van der Waals surface area contributed by atoms with E-state index in [1.54, 1.807) is 30.0 Å². The molecule has 1 amide bonds. The van der Waals surface area contributed by atoms with Crippen molar-refractivity contribution in [3.05, 3.63) is 70.8 Å². The fraction of sp³-hybridized carbons (Fsp3) is 0.393. The number of hydrogen-bond donors (Lipinski definition) is 1. The first-order valence-electron chi connectivity index (χ1n) is 12.1. The van der Waals surface area contributed by atoms with E-state index in [4.69, 9.17) is 9.47 Å². The molecule has 0 saturated carbocycles. The first-order chi connectivity index (χ1) is 16.9. The van der Waals surface area contributed by atoms with E-state index < -0.39 is 0 Å². The number of carbonyl (C=O) groups is 1. The van der Waals surface area contributed by atoms with Gasteiger partial charge in [0.15, 0.2) is 0 Å². The molecule has 0 aliphatic carbocycles. The van der Waals surface area contributed by atoms with Crippen molar-refractivity contribution in [3.63, 3.8) is 0 Å². The van der Waals surface area contributed by atoms with Crippen LogP contribution in [0.4, 0.5) is 4.39 Å². The SMILES string of the molecule is CC(=O)N1CC=C(C2=C(C)c3cc(O)ccc3OC2c2ccc(OCCN3CC(CF)C3)cc2)C1. The van der Waals surface area contributed by atoms with Gasteiger partial charge in [0.25, 0.3) is 0 Å². The highest BCUT2D eigenvalue weighted by molar-refractivity contribution is 5.80. The van der Waals surface area contributed by atoms with Gasteiger partial charge in [-0.15, -0.1) is 0 Å². The minimum absolute atomic E-state index is 0.0424. The quantitative estimate of drug-likeness (QED) is 0.641. The molecule has 1 atom stereocenters. The summed E-state index contributed by atoms with van der Waals surface area (Å²) in [6.07, 6.45) is 1.75. The molecule has 3 heterocycles. The van der Waals surface area contributed by atoms with Gasteiger partial charge in [-0.05, 0) is 54.0 Å². The molecule has 0 spiro atoms. The molecule has 3 aliphatic heterocycles. The number of fused-ring (bicyclic) bond motifs is 1. The zero-order valence-corrected chi connectivity index (χ0v) is 20.2. The van der Waals surface area contributed by atoms with E-state index in [2.05, 4.69) is 11.0 Å². The molecule has 2 aromatic rings. The summed E-state index contributed by atoms with van der Waals surface area (Å²) < 4.78 is 25.0. The highest BCUT2D eigenvalue weighted by atomic mass is 19.1. The van der Waals surface area contributed by atoms with Gasteiger partial charge in [-0.1, -0.05) is 18.2 Å². The lowest BCUT2D eigenvalue weighted by atomic mass is 9.86.